The van der Waals surface area contributed by atoms with Crippen LogP contribution in [0.1, 0.15) is 29.8 Å². The first kappa shape index (κ1) is 14.3. The van der Waals surface area contributed by atoms with Gasteiger partial charge in [0.25, 0.3) is 0 Å². The molecule has 0 bridgehead atoms. The SMILES string of the molecule is CCCNC(Cn1cnc2ccccc21)c1sccc1C. The number of hydrogen-bond donors (Lipinski definition) is 1. The molecule has 2 aromatic heterocycles. The van der Waals surface area contributed by atoms with Gasteiger partial charge in [0, 0.05) is 11.4 Å². The molecule has 0 fully saturated rings. The molecule has 0 radical (unpaired) electrons. The molecule has 0 aliphatic rings. The van der Waals surface area contributed by atoms with E-state index >= 15 is 0 Å². The van der Waals surface area contributed by atoms with Gasteiger partial charge in [0.1, 0.15) is 0 Å². The second-order valence-electron chi connectivity index (χ2n) is 5.36. The van der Waals surface area contributed by atoms with Crippen molar-refractivity contribution in [3.63, 3.8) is 0 Å². The zero-order valence-corrected chi connectivity index (χ0v) is 13.4. The predicted octanol–water partition coefficient (Wildman–Crippen LogP) is 4.15. The summed E-state index contributed by atoms with van der Waals surface area (Å²) in [6, 6.07) is 10.9. The molecule has 1 N–H and O–H groups in total. The number of benzene rings is 1. The van der Waals surface area contributed by atoms with Crippen molar-refractivity contribution in [2.75, 3.05) is 6.54 Å². The number of para-hydroxylation sites is 2. The topological polar surface area (TPSA) is 29.9 Å². The molecule has 3 nitrogen and oxygen atoms in total. The predicted molar refractivity (Wildman–Crippen MR) is 89.8 cm³/mol. The summed E-state index contributed by atoms with van der Waals surface area (Å²) in [4.78, 5) is 5.93. The standard InChI is InChI=1S/C17H21N3S/c1-3-9-18-15(17-13(2)8-10-21-17)11-20-12-19-14-6-4-5-7-16(14)20/h4-8,10,12,15,18H,3,9,11H2,1-2H3. The molecule has 0 amide bonds. The van der Waals surface area contributed by atoms with E-state index in [0.717, 1.165) is 25.0 Å². The first-order chi connectivity index (χ1) is 10.3. The van der Waals surface area contributed by atoms with Crippen LogP contribution in [0.5, 0.6) is 0 Å². The Hall–Kier alpha value is -1.65. The second-order valence-corrected chi connectivity index (χ2v) is 6.31. The summed E-state index contributed by atoms with van der Waals surface area (Å²) in [6.45, 7) is 6.35. The third-order valence-electron chi connectivity index (χ3n) is 3.77. The van der Waals surface area contributed by atoms with Crippen LogP contribution in [0.4, 0.5) is 0 Å². The molecule has 0 saturated carbocycles. The number of thiophene rings is 1. The molecule has 21 heavy (non-hydrogen) atoms. The van der Waals surface area contributed by atoms with Crippen LogP contribution in [0, 0.1) is 6.92 Å². The molecular weight excluding hydrogens is 278 g/mol. The van der Waals surface area contributed by atoms with Crippen LogP contribution >= 0.6 is 11.3 Å². The van der Waals surface area contributed by atoms with Gasteiger partial charge in [-0.1, -0.05) is 19.1 Å². The molecule has 3 aromatic rings. The number of hydrogen-bond acceptors (Lipinski definition) is 3. The average Bonchev–Trinajstić information content (AvgIpc) is 3.10. The quantitative estimate of drug-likeness (QED) is 0.741. The van der Waals surface area contributed by atoms with Crippen molar-refractivity contribution in [2.45, 2.75) is 32.9 Å². The average molecular weight is 299 g/mol. The molecule has 0 aliphatic carbocycles. The lowest BCUT2D eigenvalue weighted by atomic mass is 10.1. The molecule has 1 aromatic carbocycles. The highest BCUT2D eigenvalue weighted by atomic mass is 32.1. The number of fused-ring (bicyclic) bond motifs is 1. The highest BCUT2D eigenvalue weighted by Gasteiger charge is 2.16. The molecule has 0 saturated heterocycles. The summed E-state index contributed by atoms with van der Waals surface area (Å²) in [5.74, 6) is 0. The maximum atomic E-state index is 4.49. The van der Waals surface area contributed by atoms with E-state index in [1.54, 1.807) is 0 Å². The van der Waals surface area contributed by atoms with E-state index in [4.69, 9.17) is 0 Å². The van der Waals surface area contributed by atoms with Crippen molar-refractivity contribution >= 4 is 22.4 Å². The molecule has 0 aliphatic heterocycles. The Bertz CT molecular complexity index is 713. The van der Waals surface area contributed by atoms with Crippen LogP contribution in [0.2, 0.25) is 0 Å². The zero-order chi connectivity index (χ0) is 14.7. The highest BCUT2D eigenvalue weighted by Crippen LogP contribution is 2.26. The van der Waals surface area contributed by atoms with Crippen LogP contribution < -0.4 is 5.32 Å². The minimum atomic E-state index is 0.350. The molecule has 1 atom stereocenters. The van der Waals surface area contributed by atoms with Gasteiger partial charge in [-0.15, -0.1) is 11.3 Å². The van der Waals surface area contributed by atoms with E-state index in [9.17, 15) is 0 Å². The lowest BCUT2D eigenvalue weighted by Gasteiger charge is -2.19. The molecule has 0 spiro atoms. The van der Waals surface area contributed by atoms with Gasteiger partial charge in [-0.25, -0.2) is 4.98 Å². The Labute approximate surface area is 129 Å². The van der Waals surface area contributed by atoms with Crippen molar-refractivity contribution in [3.05, 3.63) is 52.5 Å². The number of aryl methyl sites for hydroxylation is 1. The maximum absolute atomic E-state index is 4.49. The summed E-state index contributed by atoms with van der Waals surface area (Å²) in [6.07, 6.45) is 3.10. The first-order valence-electron chi connectivity index (χ1n) is 7.47. The Kier molecular flexibility index (Phi) is 4.36. The lowest BCUT2D eigenvalue weighted by Crippen LogP contribution is -2.26. The van der Waals surface area contributed by atoms with Crippen molar-refractivity contribution in [1.29, 1.82) is 0 Å². The van der Waals surface area contributed by atoms with Gasteiger partial charge in [-0.3, -0.25) is 0 Å². The summed E-state index contributed by atoms with van der Waals surface area (Å²) in [5, 5.41) is 5.86. The molecule has 2 heterocycles. The number of nitrogens with one attached hydrogen (secondary N) is 1. The molecule has 3 rings (SSSR count). The fourth-order valence-electron chi connectivity index (χ4n) is 2.65. The van der Waals surface area contributed by atoms with E-state index in [0.29, 0.717) is 6.04 Å². The zero-order valence-electron chi connectivity index (χ0n) is 12.5. The van der Waals surface area contributed by atoms with E-state index < -0.39 is 0 Å². The van der Waals surface area contributed by atoms with E-state index in [1.807, 2.05) is 23.7 Å². The Balaban J connectivity index is 1.89. The maximum Gasteiger partial charge on any atom is 0.0958 e. The fraction of sp³-hybridized carbons (Fsp3) is 0.353. The monoisotopic (exact) mass is 299 g/mol. The van der Waals surface area contributed by atoms with Crippen LogP contribution in [-0.4, -0.2) is 16.1 Å². The van der Waals surface area contributed by atoms with E-state index in [2.05, 4.69) is 58.4 Å². The van der Waals surface area contributed by atoms with Gasteiger partial charge in [0.2, 0.25) is 0 Å². The van der Waals surface area contributed by atoms with E-state index in [-0.39, 0.29) is 0 Å². The van der Waals surface area contributed by atoms with Gasteiger partial charge in [-0.2, -0.15) is 0 Å². The summed E-state index contributed by atoms with van der Waals surface area (Å²) >= 11 is 1.84. The molecule has 1 unspecified atom stereocenters. The van der Waals surface area contributed by atoms with Gasteiger partial charge in [0.05, 0.1) is 23.4 Å². The Morgan fingerprint density at radius 3 is 2.90 bits per heavy atom. The minimum absolute atomic E-state index is 0.350. The van der Waals surface area contributed by atoms with Gasteiger partial charge in [-0.05, 0) is 49.0 Å². The summed E-state index contributed by atoms with van der Waals surface area (Å²) in [7, 11) is 0. The van der Waals surface area contributed by atoms with Gasteiger partial charge >= 0.3 is 0 Å². The second kappa shape index (κ2) is 6.41. The van der Waals surface area contributed by atoms with Crippen LogP contribution in [-0.2, 0) is 6.54 Å². The number of aromatic nitrogens is 2. The summed E-state index contributed by atoms with van der Waals surface area (Å²) < 4.78 is 2.25. The highest BCUT2D eigenvalue weighted by molar-refractivity contribution is 7.10. The third kappa shape index (κ3) is 3.01. The minimum Gasteiger partial charge on any atom is -0.329 e. The summed E-state index contributed by atoms with van der Waals surface area (Å²) in [5.41, 5.74) is 3.64. The lowest BCUT2D eigenvalue weighted by molar-refractivity contribution is 0.473. The van der Waals surface area contributed by atoms with Crippen LogP contribution in [0.15, 0.2) is 42.0 Å². The Morgan fingerprint density at radius 1 is 1.29 bits per heavy atom. The molecule has 4 heteroatoms. The largest absolute Gasteiger partial charge is 0.329 e. The van der Waals surface area contributed by atoms with E-state index in [1.165, 1.54) is 16.0 Å². The number of nitrogens with zero attached hydrogens (tertiary/aromatic N) is 2. The fourth-order valence-corrected chi connectivity index (χ4v) is 3.65. The third-order valence-corrected chi connectivity index (χ3v) is 4.90. The molecule has 110 valence electrons. The number of imidazole rings is 1. The first-order valence-corrected chi connectivity index (χ1v) is 8.34. The van der Waals surface area contributed by atoms with Crippen LogP contribution in [0.25, 0.3) is 11.0 Å². The van der Waals surface area contributed by atoms with Gasteiger partial charge < -0.3 is 9.88 Å². The molecular formula is C17H21N3S. The number of rotatable bonds is 6. The normalized spacial score (nSPS) is 12.9. The Morgan fingerprint density at radius 2 is 2.14 bits per heavy atom. The van der Waals surface area contributed by atoms with Crippen molar-refractivity contribution < 1.29 is 0 Å². The van der Waals surface area contributed by atoms with Crippen molar-refractivity contribution in [3.8, 4) is 0 Å². The van der Waals surface area contributed by atoms with Gasteiger partial charge in [0.15, 0.2) is 0 Å². The van der Waals surface area contributed by atoms with Crippen LogP contribution in [0.3, 0.4) is 0 Å². The smallest absolute Gasteiger partial charge is 0.0958 e. The van der Waals surface area contributed by atoms with Crippen molar-refractivity contribution in [1.82, 2.24) is 14.9 Å². The van der Waals surface area contributed by atoms with Crippen molar-refractivity contribution in [2.24, 2.45) is 0 Å².